The Morgan fingerprint density at radius 2 is 1.71 bits per heavy atom. The molecule has 1 atom stereocenters. The van der Waals surface area contributed by atoms with Crippen molar-refractivity contribution in [1.82, 2.24) is 0 Å². The average molecular weight is 495 g/mol. The minimum absolute atomic E-state index is 0.0170. The van der Waals surface area contributed by atoms with Crippen LogP contribution in [0.25, 0.3) is 0 Å². The standard InChI is InChI=1S/C25H26N4O3S2/c1-25(2)12-20-23(21(30)13-25)22(15-4-8-17(33-3)9-5-15)19(14-26)24(27)29(20)16-6-10-18(11-7-16)34(28,31)32/h4-11,22H,12-13,27H2,1-3H3,(H2,28,31,32). The first-order valence-electron chi connectivity index (χ1n) is 10.7. The largest absolute Gasteiger partial charge is 0.384 e. The molecule has 2 aliphatic rings. The van der Waals surface area contributed by atoms with Gasteiger partial charge in [0.05, 0.1) is 22.5 Å². The van der Waals surface area contributed by atoms with Crippen molar-refractivity contribution in [1.29, 1.82) is 5.26 Å². The van der Waals surface area contributed by atoms with Crippen LogP contribution in [0.1, 0.15) is 38.2 Å². The predicted octanol–water partition coefficient (Wildman–Crippen LogP) is 4.00. The molecule has 1 unspecified atom stereocenters. The van der Waals surface area contributed by atoms with Crippen LogP contribution in [0.3, 0.4) is 0 Å². The molecule has 34 heavy (non-hydrogen) atoms. The van der Waals surface area contributed by atoms with Crippen molar-refractivity contribution >= 4 is 33.3 Å². The number of hydrogen-bond acceptors (Lipinski definition) is 7. The number of thioether (sulfide) groups is 1. The Labute approximate surface area is 204 Å². The normalized spacial score (nSPS) is 20.3. The summed E-state index contributed by atoms with van der Waals surface area (Å²) in [5.74, 6) is -0.343. The molecule has 7 nitrogen and oxygen atoms in total. The van der Waals surface area contributed by atoms with Gasteiger partial charge in [0.15, 0.2) is 5.78 Å². The Bertz CT molecular complexity index is 1370. The Morgan fingerprint density at radius 3 is 2.24 bits per heavy atom. The summed E-state index contributed by atoms with van der Waals surface area (Å²) in [7, 11) is -3.86. The lowest BCUT2D eigenvalue weighted by molar-refractivity contribution is -0.118. The molecule has 1 heterocycles. The molecule has 0 radical (unpaired) electrons. The van der Waals surface area contributed by atoms with Crippen LogP contribution in [0.2, 0.25) is 0 Å². The molecule has 0 amide bonds. The van der Waals surface area contributed by atoms with Crippen LogP contribution in [0.15, 0.2) is 81.0 Å². The molecule has 2 aromatic rings. The van der Waals surface area contributed by atoms with E-state index in [1.807, 2.05) is 44.4 Å². The lowest BCUT2D eigenvalue weighted by atomic mass is 9.68. The van der Waals surface area contributed by atoms with Crippen molar-refractivity contribution in [3.8, 4) is 6.07 Å². The molecule has 0 saturated heterocycles. The summed E-state index contributed by atoms with van der Waals surface area (Å²) in [5, 5.41) is 15.4. The van der Waals surface area contributed by atoms with Gasteiger partial charge in [0, 0.05) is 28.3 Å². The van der Waals surface area contributed by atoms with E-state index in [9.17, 15) is 18.5 Å². The van der Waals surface area contributed by atoms with Gasteiger partial charge in [0.2, 0.25) is 10.0 Å². The Balaban J connectivity index is 1.94. The topological polar surface area (TPSA) is 130 Å². The number of primary sulfonamides is 1. The number of nitrogens with zero attached hydrogens (tertiary/aromatic N) is 2. The number of Topliss-reactive ketones (excluding diaryl/α,β-unsaturated/α-hetero) is 1. The van der Waals surface area contributed by atoms with Gasteiger partial charge in [-0.25, -0.2) is 13.6 Å². The summed E-state index contributed by atoms with van der Waals surface area (Å²) >= 11 is 1.61. The number of carbonyl (C=O) groups is 1. The number of hydrogen-bond donors (Lipinski definition) is 2. The fourth-order valence-corrected chi connectivity index (χ4v) is 5.64. The highest BCUT2D eigenvalue weighted by Crippen LogP contribution is 2.50. The maximum absolute atomic E-state index is 13.5. The van der Waals surface area contributed by atoms with E-state index < -0.39 is 15.9 Å². The van der Waals surface area contributed by atoms with Crippen LogP contribution >= 0.6 is 11.8 Å². The Kier molecular flexibility index (Phi) is 6.10. The van der Waals surface area contributed by atoms with E-state index >= 15 is 0 Å². The molecule has 176 valence electrons. The zero-order valence-electron chi connectivity index (χ0n) is 19.2. The summed E-state index contributed by atoms with van der Waals surface area (Å²) < 4.78 is 23.4. The number of benzene rings is 2. The molecule has 0 aromatic heterocycles. The Hall–Kier alpha value is -3.06. The smallest absolute Gasteiger partial charge is 0.238 e. The zero-order valence-corrected chi connectivity index (χ0v) is 20.8. The van der Waals surface area contributed by atoms with E-state index in [0.717, 1.165) is 16.2 Å². The molecular weight excluding hydrogens is 468 g/mol. The number of anilines is 1. The van der Waals surface area contributed by atoms with Crippen molar-refractivity contribution in [2.45, 2.75) is 42.4 Å². The number of carbonyl (C=O) groups excluding carboxylic acids is 1. The van der Waals surface area contributed by atoms with Gasteiger partial charge in [-0.3, -0.25) is 9.69 Å². The van der Waals surface area contributed by atoms with Crippen LogP contribution in [0.5, 0.6) is 0 Å². The van der Waals surface area contributed by atoms with Crippen LogP contribution < -0.4 is 15.8 Å². The maximum atomic E-state index is 13.5. The predicted molar refractivity (Wildman–Crippen MR) is 133 cm³/mol. The summed E-state index contributed by atoms with van der Waals surface area (Å²) in [6.07, 6.45) is 2.92. The van der Waals surface area contributed by atoms with E-state index in [4.69, 9.17) is 10.9 Å². The fraction of sp³-hybridized carbons (Fsp3) is 0.280. The second-order valence-electron chi connectivity index (χ2n) is 9.29. The molecule has 1 aliphatic heterocycles. The van der Waals surface area contributed by atoms with E-state index in [-0.39, 0.29) is 21.9 Å². The van der Waals surface area contributed by atoms with Gasteiger partial charge in [0.1, 0.15) is 5.82 Å². The number of sulfonamides is 1. The molecule has 9 heteroatoms. The molecule has 0 spiro atoms. The highest BCUT2D eigenvalue weighted by molar-refractivity contribution is 7.98. The number of nitriles is 1. The summed E-state index contributed by atoms with van der Waals surface area (Å²) in [6, 6.07) is 16.0. The van der Waals surface area contributed by atoms with Gasteiger partial charge in [-0.2, -0.15) is 5.26 Å². The molecule has 2 aromatic carbocycles. The third kappa shape index (κ3) is 4.25. The third-order valence-electron chi connectivity index (χ3n) is 6.25. The first-order valence-corrected chi connectivity index (χ1v) is 13.5. The highest BCUT2D eigenvalue weighted by Gasteiger charge is 2.44. The summed E-state index contributed by atoms with van der Waals surface area (Å²) in [5.41, 5.74) is 9.30. The maximum Gasteiger partial charge on any atom is 0.238 e. The van der Waals surface area contributed by atoms with E-state index in [0.29, 0.717) is 29.7 Å². The van der Waals surface area contributed by atoms with E-state index in [1.165, 1.54) is 12.1 Å². The number of nitrogens with two attached hydrogens (primary N) is 2. The molecule has 0 fully saturated rings. The minimum atomic E-state index is -3.86. The van der Waals surface area contributed by atoms with Gasteiger partial charge in [0.25, 0.3) is 0 Å². The van der Waals surface area contributed by atoms with Crippen molar-refractivity contribution in [3.63, 3.8) is 0 Å². The minimum Gasteiger partial charge on any atom is -0.384 e. The van der Waals surface area contributed by atoms with Gasteiger partial charge < -0.3 is 5.73 Å². The monoisotopic (exact) mass is 494 g/mol. The van der Waals surface area contributed by atoms with Gasteiger partial charge in [-0.1, -0.05) is 26.0 Å². The van der Waals surface area contributed by atoms with Crippen LogP contribution in [-0.2, 0) is 14.8 Å². The second-order valence-corrected chi connectivity index (χ2v) is 11.7. The third-order valence-corrected chi connectivity index (χ3v) is 7.93. The average Bonchev–Trinajstić information content (AvgIpc) is 2.77. The molecule has 4 N–H and O–H groups in total. The molecular formula is C25H26N4O3S2. The first-order chi connectivity index (χ1) is 16.0. The number of ketones is 1. The number of allylic oxidation sites excluding steroid dienone is 3. The lowest BCUT2D eigenvalue weighted by Crippen LogP contribution is -2.42. The first kappa shape index (κ1) is 24.1. The van der Waals surface area contributed by atoms with E-state index in [2.05, 4.69) is 6.07 Å². The van der Waals surface area contributed by atoms with Crippen molar-refractivity contribution in [3.05, 3.63) is 76.8 Å². The van der Waals surface area contributed by atoms with Crippen molar-refractivity contribution in [2.75, 3.05) is 11.2 Å². The second kappa shape index (κ2) is 8.62. The van der Waals surface area contributed by atoms with Crippen LogP contribution in [0.4, 0.5) is 5.69 Å². The molecule has 0 saturated carbocycles. The van der Waals surface area contributed by atoms with Gasteiger partial charge >= 0.3 is 0 Å². The Morgan fingerprint density at radius 1 is 1.09 bits per heavy atom. The summed E-state index contributed by atoms with van der Waals surface area (Å²) in [4.78, 5) is 16.3. The quantitative estimate of drug-likeness (QED) is 0.614. The van der Waals surface area contributed by atoms with Crippen molar-refractivity contribution in [2.24, 2.45) is 16.3 Å². The van der Waals surface area contributed by atoms with Gasteiger partial charge in [-0.15, -0.1) is 11.8 Å². The SMILES string of the molecule is CSc1ccc(C2C(C#N)=C(N)N(c3ccc(S(N)(=O)=O)cc3)C3=C2C(=O)CC(C)(C)C3)cc1. The highest BCUT2D eigenvalue weighted by atomic mass is 32.2. The van der Waals surface area contributed by atoms with E-state index in [1.54, 1.807) is 28.8 Å². The zero-order chi connectivity index (χ0) is 24.8. The molecule has 0 bridgehead atoms. The van der Waals surface area contributed by atoms with Crippen LogP contribution in [0, 0.1) is 16.7 Å². The number of rotatable bonds is 4. The molecule has 1 aliphatic carbocycles. The lowest BCUT2D eigenvalue weighted by Gasteiger charge is -2.43. The van der Waals surface area contributed by atoms with Gasteiger partial charge in [-0.05, 0) is 60.1 Å². The summed E-state index contributed by atoms with van der Waals surface area (Å²) in [6.45, 7) is 4.05. The van der Waals surface area contributed by atoms with Crippen molar-refractivity contribution < 1.29 is 13.2 Å². The fourth-order valence-electron chi connectivity index (χ4n) is 4.72. The molecule has 4 rings (SSSR count). The van der Waals surface area contributed by atoms with Crippen LogP contribution in [-0.4, -0.2) is 20.5 Å².